The standard InChI is InChI=1S/C21H24N4O2S2/c1-13-8-9-16(24-20(26)22-14(2)18-6-4-10-28-18)12-17(13)25-21(27)23-15(3)19-7-5-11-29-19/h4-12,14-15H,1-3H3,(H2,22,24,26)(H2,23,25,27)/t14-,15+/m1/s1. The zero-order valence-corrected chi connectivity index (χ0v) is 18.1. The van der Waals surface area contributed by atoms with Crippen molar-refractivity contribution in [3.05, 3.63) is 68.5 Å². The fourth-order valence-corrected chi connectivity index (χ4v) is 4.24. The molecule has 3 rings (SSSR count). The molecule has 8 heteroatoms. The molecule has 0 aliphatic carbocycles. The molecule has 6 nitrogen and oxygen atoms in total. The third-order valence-corrected chi connectivity index (χ3v) is 6.49. The third-order valence-electron chi connectivity index (χ3n) is 4.38. The lowest BCUT2D eigenvalue weighted by atomic mass is 10.2. The van der Waals surface area contributed by atoms with Gasteiger partial charge in [0.15, 0.2) is 0 Å². The smallest absolute Gasteiger partial charge is 0.319 e. The molecule has 2 aromatic heterocycles. The van der Waals surface area contributed by atoms with Gasteiger partial charge in [0.1, 0.15) is 0 Å². The van der Waals surface area contributed by atoms with E-state index in [0.717, 1.165) is 15.3 Å². The lowest BCUT2D eigenvalue weighted by Gasteiger charge is -2.16. The van der Waals surface area contributed by atoms with Gasteiger partial charge in [-0.25, -0.2) is 9.59 Å². The zero-order chi connectivity index (χ0) is 20.8. The van der Waals surface area contributed by atoms with Crippen molar-refractivity contribution in [1.82, 2.24) is 10.6 Å². The topological polar surface area (TPSA) is 82.3 Å². The number of thiophene rings is 2. The van der Waals surface area contributed by atoms with Crippen LogP contribution in [0.3, 0.4) is 0 Å². The van der Waals surface area contributed by atoms with E-state index < -0.39 is 0 Å². The molecule has 0 spiro atoms. The molecule has 152 valence electrons. The Morgan fingerprint density at radius 3 is 1.90 bits per heavy atom. The van der Waals surface area contributed by atoms with Gasteiger partial charge >= 0.3 is 12.1 Å². The summed E-state index contributed by atoms with van der Waals surface area (Å²) in [5, 5.41) is 15.5. The molecule has 0 saturated heterocycles. The lowest BCUT2D eigenvalue weighted by molar-refractivity contribution is 0.248. The molecule has 29 heavy (non-hydrogen) atoms. The quantitative estimate of drug-likeness (QED) is 0.395. The third kappa shape index (κ3) is 5.82. The van der Waals surface area contributed by atoms with E-state index in [9.17, 15) is 9.59 Å². The van der Waals surface area contributed by atoms with Crippen LogP contribution in [0.5, 0.6) is 0 Å². The average Bonchev–Trinajstić information content (AvgIpc) is 3.38. The van der Waals surface area contributed by atoms with Crippen molar-refractivity contribution in [3.63, 3.8) is 0 Å². The SMILES string of the molecule is Cc1ccc(NC(=O)N[C@H](C)c2cccs2)cc1NC(=O)N[C@@H](C)c1cccs1. The highest BCUT2D eigenvalue weighted by Crippen LogP contribution is 2.22. The van der Waals surface area contributed by atoms with Crippen LogP contribution in [0.25, 0.3) is 0 Å². The van der Waals surface area contributed by atoms with Crippen LogP contribution in [0.4, 0.5) is 21.0 Å². The van der Waals surface area contributed by atoms with E-state index in [1.807, 2.05) is 67.9 Å². The number of aryl methyl sites for hydroxylation is 1. The summed E-state index contributed by atoms with van der Waals surface area (Å²) < 4.78 is 0. The maximum Gasteiger partial charge on any atom is 0.319 e. The minimum atomic E-state index is -0.295. The minimum Gasteiger partial charge on any atom is -0.331 e. The Morgan fingerprint density at radius 1 is 0.828 bits per heavy atom. The molecule has 4 N–H and O–H groups in total. The Hall–Kier alpha value is -2.84. The van der Waals surface area contributed by atoms with Crippen molar-refractivity contribution in [2.45, 2.75) is 32.9 Å². The van der Waals surface area contributed by atoms with Gasteiger partial charge in [0.05, 0.1) is 12.1 Å². The van der Waals surface area contributed by atoms with Gasteiger partial charge in [-0.05, 0) is 61.4 Å². The Kier molecular flexibility index (Phi) is 6.90. The Bertz CT molecular complexity index is 955. The normalized spacial score (nSPS) is 12.7. The molecular weight excluding hydrogens is 404 g/mol. The van der Waals surface area contributed by atoms with Crippen LogP contribution >= 0.6 is 22.7 Å². The second kappa shape index (κ2) is 9.58. The van der Waals surface area contributed by atoms with E-state index in [2.05, 4.69) is 21.3 Å². The maximum absolute atomic E-state index is 12.4. The number of amides is 4. The molecule has 0 bridgehead atoms. The van der Waals surface area contributed by atoms with E-state index in [-0.39, 0.29) is 24.1 Å². The number of hydrogen-bond donors (Lipinski definition) is 4. The summed E-state index contributed by atoms with van der Waals surface area (Å²) in [5.41, 5.74) is 2.15. The predicted molar refractivity (Wildman–Crippen MR) is 121 cm³/mol. The number of carbonyl (C=O) groups excluding carboxylic acids is 2. The predicted octanol–water partition coefficient (Wildman–Crippen LogP) is 5.88. The highest BCUT2D eigenvalue weighted by Gasteiger charge is 2.13. The van der Waals surface area contributed by atoms with Crippen molar-refractivity contribution in [3.8, 4) is 0 Å². The van der Waals surface area contributed by atoms with Crippen molar-refractivity contribution in [2.24, 2.45) is 0 Å². The van der Waals surface area contributed by atoms with Gasteiger partial charge in [-0.15, -0.1) is 22.7 Å². The molecule has 0 unspecified atom stereocenters. The van der Waals surface area contributed by atoms with Crippen molar-refractivity contribution < 1.29 is 9.59 Å². The first kappa shape index (κ1) is 20.9. The maximum atomic E-state index is 12.4. The van der Waals surface area contributed by atoms with Crippen LogP contribution in [0.2, 0.25) is 0 Å². The highest BCUT2D eigenvalue weighted by molar-refractivity contribution is 7.10. The Labute approximate surface area is 178 Å². The summed E-state index contributed by atoms with van der Waals surface area (Å²) in [6, 6.07) is 12.6. The van der Waals surface area contributed by atoms with Gasteiger partial charge in [-0.1, -0.05) is 18.2 Å². The van der Waals surface area contributed by atoms with Crippen molar-refractivity contribution in [2.75, 3.05) is 10.6 Å². The van der Waals surface area contributed by atoms with E-state index in [4.69, 9.17) is 0 Å². The summed E-state index contributed by atoms with van der Waals surface area (Å²) in [5.74, 6) is 0. The van der Waals surface area contributed by atoms with E-state index in [0.29, 0.717) is 11.4 Å². The number of carbonyl (C=O) groups is 2. The molecule has 0 radical (unpaired) electrons. The molecule has 0 saturated carbocycles. The Morgan fingerprint density at radius 2 is 1.38 bits per heavy atom. The number of rotatable bonds is 6. The number of nitrogens with one attached hydrogen (secondary N) is 4. The van der Waals surface area contributed by atoms with Crippen LogP contribution in [0, 0.1) is 6.92 Å². The summed E-state index contributed by atoms with van der Waals surface area (Å²) in [7, 11) is 0. The van der Waals surface area contributed by atoms with Crippen LogP contribution in [-0.4, -0.2) is 12.1 Å². The van der Waals surface area contributed by atoms with Crippen LogP contribution in [0.1, 0.15) is 41.2 Å². The first-order chi connectivity index (χ1) is 13.9. The Balaban J connectivity index is 1.58. The summed E-state index contributed by atoms with van der Waals surface area (Å²) in [6.45, 7) is 5.78. The summed E-state index contributed by atoms with van der Waals surface area (Å²) in [4.78, 5) is 26.8. The number of hydrogen-bond acceptors (Lipinski definition) is 4. The summed E-state index contributed by atoms with van der Waals surface area (Å²) in [6.07, 6.45) is 0. The largest absolute Gasteiger partial charge is 0.331 e. The van der Waals surface area contributed by atoms with Gasteiger partial charge in [0.2, 0.25) is 0 Å². The first-order valence-corrected chi connectivity index (χ1v) is 11.0. The van der Waals surface area contributed by atoms with Crippen LogP contribution in [-0.2, 0) is 0 Å². The number of anilines is 2. The molecule has 4 amide bonds. The fourth-order valence-electron chi connectivity index (χ4n) is 2.77. The van der Waals surface area contributed by atoms with Crippen LogP contribution < -0.4 is 21.3 Å². The molecular formula is C21H24N4O2S2. The second-order valence-electron chi connectivity index (χ2n) is 6.70. The number of urea groups is 2. The molecule has 2 heterocycles. The van der Waals surface area contributed by atoms with Crippen LogP contribution in [0.15, 0.2) is 53.2 Å². The summed E-state index contributed by atoms with van der Waals surface area (Å²) >= 11 is 3.20. The van der Waals surface area contributed by atoms with Crippen molar-refractivity contribution in [1.29, 1.82) is 0 Å². The van der Waals surface area contributed by atoms with Gasteiger partial charge < -0.3 is 21.3 Å². The van der Waals surface area contributed by atoms with Crippen molar-refractivity contribution >= 4 is 46.1 Å². The minimum absolute atomic E-state index is 0.0810. The highest BCUT2D eigenvalue weighted by atomic mass is 32.1. The van der Waals surface area contributed by atoms with Gasteiger partial charge in [-0.2, -0.15) is 0 Å². The number of benzene rings is 1. The zero-order valence-electron chi connectivity index (χ0n) is 16.5. The lowest BCUT2D eigenvalue weighted by Crippen LogP contribution is -2.31. The monoisotopic (exact) mass is 428 g/mol. The average molecular weight is 429 g/mol. The molecule has 2 atom stereocenters. The molecule has 3 aromatic rings. The molecule has 0 aliphatic rings. The van der Waals surface area contributed by atoms with Gasteiger partial charge in [-0.3, -0.25) is 0 Å². The van der Waals surface area contributed by atoms with E-state index >= 15 is 0 Å². The molecule has 0 aliphatic heterocycles. The van der Waals surface area contributed by atoms with E-state index in [1.54, 1.807) is 28.7 Å². The van der Waals surface area contributed by atoms with E-state index in [1.165, 1.54) is 0 Å². The second-order valence-corrected chi connectivity index (χ2v) is 8.66. The molecule has 1 aromatic carbocycles. The van der Waals surface area contributed by atoms with Gasteiger partial charge in [0, 0.05) is 21.1 Å². The van der Waals surface area contributed by atoms with Gasteiger partial charge in [0.25, 0.3) is 0 Å². The fraction of sp³-hybridized carbons (Fsp3) is 0.238. The first-order valence-electron chi connectivity index (χ1n) is 9.25. The molecule has 0 fully saturated rings.